The highest BCUT2D eigenvalue weighted by Crippen LogP contribution is 2.52. The van der Waals surface area contributed by atoms with Gasteiger partial charge >= 0.3 is 0 Å². The lowest BCUT2D eigenvalue weighted by Crippen LogP contribution is -2.27. The molecular weight excluding hydrogens is 617 g/mol. The average molecular weight is 647 g/mol. The van der Waals surface area contributed by atoms with Crippen molar-refractivity contribution in [2.24, 2.45) is 0 Å². The largest absolute Gasteiger partial charge is 0.455 e. The Morgan fingerprint density at radius 3 is 2.12 bits per heavy atom. The maximum absolute atomic E-state index is 6.65. The highest BCUT2D eigenvalue weighted by Gasteiger charge is 2.37. The van der Waals surface area contributed by atoms with Gasteiger partial charge in [-0.15, -0.1) is 11.3 Å². The van der Waals surface area contributed by atoms with Crippen LogP contribution in [0.15, 0.2) is 150 Å². The van der Waals surface area contributed by atoms with Gasteiger partial charge in [0.05, 0.1) is 22.1 Å². The van der Waals surface area contributed by atoms with Crippen molar-refractivity contribution in [3.63, 3.8) is 0 Å². The molecule has 0 saturated carbocycles. The zero-order valence-electron chi connectivity index (χ0n) is 27.1. The van der Waals surface area contributed by atoms with Gasteiger partial charge in [-0.3, -0.25) is 0 Å². The van der Waals surface area contributed by atoms with Crippen molar-refractivity contribution < 1.29 is 4.42 Å². The standard InChI is InChI=1S/C45H30N2OS/c1-45(2)35-24-28(46(27-12-4-3-5-13-27)29-20-22-32-31-15-8-11-19-40(31)49-41(32)25-29)21-23-38(35)47-37-17-9-6-16-33(37)42-43(47)36(45)26-34-30-14-7-10-18-39(30)48-44(34)42/h3-26H,1-2H3. The first-order valence-corrected chi connectivity index (χ1v) is 17.7. The van der Waals surface area contributed by atoms with Gasteiger partial charge < -0.3 is 13.9 Å². The summed E-state index contributed by atoms with van der Waals surface area (Å²) in [6.07, 6.45) is 0. The second kappa shape index (κ2) is 9.62. The Kier molecular flexibility index (Phi) is 5.33. The smallest absolute Gasteiger partial charge is 0.145 e. The van der Waals surface area contributed by atoms with Crippen LogP contribution < -0.4 is 4.90 Å². The van der Waals surface area contributed by atoms with E-state index in [-0.39, 0.29) is 5.41 Å². The number of thiophene rings is 1. The fraction of sp³-hybridized carbons (Fsp3) is 0.0667. The summed E-state index contributed by atoms with van der Waals surface area (Å²) in [5.41, 5.74) is 11.3. The van der Waals surface area contributed by atoms with Crippen LogP contribution in [0.3, 0.4) is 0 Å². The molecular formula is C45H30N2OS. The van der Waals surface area contributed by atoms with Crippen molar-refractivity contribution in [1.82, 2.24) is 4.57 Å². The van der Waals surface area contributed by atoms with Crippen LogP contribution in [0.25, 0.3) is 69.6 Å². The molecule has 0 atom stereocenters. The van der Waals surface area contributed by atoms with E-state index in [9.17, 15) is 0 Å². The fourth-order valence-corrected chi connectivity index (χ4v) is 9.58. The van der Waals surface area contributed by atoms with Crippen LogP contribution in [0, 0.1) is 0 Å². The molecule has 7 aromatic carbocycles. The number of fused-ring (bicyclic) bond motifs is 12. The van der Waals surface area contributed by atoms with E-state index in [4.69, 9.17) is 4.42 Å². The highest BCUT2D eigenvalue weighted by molar-refractivity contribution is 7.25. The first kappa shape index (κ1) is 27.1. The van der Waals surface area contributed by atoms with Crippen LogP contribution in [-0.2, 0) is 5.41 Å². The third-order valence-electron chi connectivity index (χ3n) is 10.7. The molecule has 3 aromatic heterocycles. The summed E-state index contributed by atoms with van der Waals surface area (Å²) >= 11 is 1.86. The van der Waals surface area contributed by atoms with Gasteiger partial charge in [0.25, 0.3) is 0 Å². The molecule has 4 heteroatoms. The molecule has 4 heterocycles. The minimum Gasteiger partial charge on any atom is -0.455 e. The summed E-state index contributed by atoms with van der Waals surface area (Å²) in [5.74, 6) is 0. The molecule has 0 unspecified atom stereocenters. The van der Waals surface area contributed by atoms with Crippen LogP contribution in [0.1, 0.15) is 25.0 Å². The first-order chi connectivity index (χ1) is 24.1. The van der Waals surface area contributed by atoms with Crippen molar-refractivity contribution in [3.05, 3.63) is 157 Å². The number of nitrogens with zero attached hydrogens (tertiary/aromatic N) is 2. The van der Waals surface area contributed by atoms with Crippen LogP contribution in [0.2, 0.25) is 0 Å². The SMILES string of the molecule is CC1(C)c2cc(N(c3ccccc3)c3ccc4c(c3)sc3ccccc34)ccc2-n2c3ccccc3c3c4oc5ccccc5c4cc1c32. The Labute approximate surface area is 286 Å². The molecule has 0 amide bonds. The number of hydrogen-bond acceptors (Lipinski definition) is 3. The number of benzene rings is 7. The third-order valence-corrected chi connectivity index (χ3v) is 11.9. The number of para-hydroxylation sites is 3. The molecule has 1 aliphatic rings. The molecule has 0 radical (unpaired) electrons. The van der Waals surface area contributed by atoms with Crippen LogP contribution in [0.4, 0.5) is 17.1 Å². The quantitative estimate of drug-likeness (QED) is 0.190. The molecule has 0 N–H and O–H groups in total. The minimum atomic E-state index is -0.279. The molecule has 232 valence electrons. The maximum Gasteiger partial charge on any atom is 0.145 e. The number of anilines is 3. The molecule has 1 aliphatic heterocycles. The maximum atomic E-state index is 6.65. The molecule has 11 rings (SSSR count). The van der Waals surface area contributed by atoms with E-state index < -0.39 is 0 Å². The van der Waals surface area contributed by atoms with Gasteiger partial charge in [-0.2, -0.15) is 0 Å². The van der Waals surface area contributed by atoms with Gasteiger partial charge in [-0.25, -0.2) is 0 Å². The Balaban J connectivity index is 1.19. The molecule has 10 aromatic rings. The van der Waals surface area contributed by atoms with Gasteiger partial charge in [0, 0.05) is 58.8 Å². The van der Waals surface area contributed by atoms with Gasteiger partial charge in [-0.05, 0) is 77.9 Å². The summed E-state index contributed by atoms with van der Waals surface area (Å²) in [6.45, 7) is 4.77. The molecule has 0 bridgehead atoms. The number of rotatable bonds is 3. The molecule has 0 aliphatic carbocycles. The first-order valence-electron chi connectivity index (χ1n) is 16.9. The fourth-order valence-electron chi connectivity index (χ4n) is 8.44. The van der Waals surface area contributed by atoms with E-state index in [0.29, 0.717) is 0 Å². The summed E-state index contributed by atoms with van der Waals surface area (Å²) < 4.78 is 11.7. The number of furan rings is 1. The summed E-state index contributed by atoms with van der Waals surface area (Å²) in [4.78, 5) is 2.41. The molecule has 3 nitrogen and oxygen atoms in total. The zero-order chi connectivity index (χ0) is 32.4. The van der Waals surface area contributed by atoms with Crippen molar-refractivity contribution in [1.29, 1.82) is 0 Å². The van der Waals surface area contributed by atoms with Crippen LogP contribution >= 0.6 is 11.3 Å². The second-order valence-electron chi connectivity index (χ2n) is 13.8. The number of aromatic nitrogens is 1. The van der Waals surface area contributed by atoms with E-state index in [1.54, 1.807) is 0 Å². The van der Waals surface area contributed by atoms with Crippen LogP contribution in [-0.4, -0.2) is 4.57 Å². The molecule has 0 fully saturated rings. The molecule has 0 spiro atoms. The van der Waals surface area contributed by atoms with Gasteiger partial charge in [0.15, 0.2) is 0 Å². The topological polar surface area (TPSA) is 21.3 Å². The Morgan fingerprint density at radius 2 is 1.24 bits per heavy atom. The highest BCUT2D eigenvalue weighted by atomic mass is 32.1. The minimum absolute atomic E-state index is 0.279. The van der Waals surface area contributed by atoms with Crippen molar-refractivity contribution in [3.8, 4) is 5.69 Å². The lowest BCUT2D eigenvalue weighted by molar-refractivity contribution is 0.630. The van der Waals surface area contributed by atoms with Gasteiger partial charge in [0.1, 0.15) is 11.2 Å². The Bertz CT molecular complexity index is 2980. The van der Waals surface area contributed by atoms with Gasteiger partial charge in [-0.1, -0.05) is 92.7 Å². The van der Waals surface area contributed by atoms with Crippen LogP contribution in [0.5, 0.6) is 0 Å². The van der Waals surface area contributed by atoms with E-state index >= 15 is 0 Å². The summed E-state index contributed by atoms with van der Waals surface area (Å²) in [6, 6.07) is 53.1. The third kappa shape index (κ3) is 3.61. The summed E-state index contributed by atoms with van der Waals surface area (Å²) in [7, 11) is 0. The Hall–Kier alpha value is -5.84. The molecule has 0 saturated heterocycles. The van der Waals surface area contributed by atoms with Gasteiger partial charge in [0.2, 0.25) is 0 Å². The van der Waals surface area contributed by atoms with E-state index in [1.165, 1.54) is 64.2 Å². The number of hydrogen-bond donors (Lipinski definition) is 0. The van der Waals surface area contributed by atoms with E-state index in [2.05, 4.69) is 169 Å². The van der Waals surface area contributed by atoms with Crippen molar-refractivity contribution in [2.75, 3.05) is 4.90 Å². The summed E-state index contributed by atoms with van der Waals surface area (Å²) in [5, 5.41) is 7.38. The van der Waals surface area contributed by atoms with E-state index in [0.717, 1.165) is 33.6 Å². The Morgan fingerprint density at radius 1 is 0.551 bits per heavy atom. The normalized spacial score (nSPS) is 13.7. The second-order valence-corrected chi connectivity index (χ2v) is 14.8. The molecule has 49 heavy (non-hydrogen) atoms. The zero-order valence-corrected chi connectivity index (χ0v) is 27.9. The predicted molar refractivity (Wildman–Crippen MR) is 208 cm³/mol. The lowest BCUT2D eigenvalue weighted by Gasteiger charge is -2.36. The lowest BCUT2D eigenvalue weighted by atomic mass is 9.74. The van der Waals surface area contributed by atoms with Crippen molar-refractivity contribution in [2.45, 2.75) is 19.3 Å². The monoisotopic (exact) mass is 646 g/mol. The van der Waals surface area contributed by atoms with Crippen molar-refractivity contribution >= 4 is 92.3 Å². The van der Waals surface area contributed by atoms with E-state index in [1.807, 2.05) is 11.3 Å². The average Bonchev–Trinajstić information content (AvgIpc) is 3.81. The predicted octanol–water partition coefficient (Wildman–Crippen LogP) is 13.2.